The number of urea groups is 1. The molecule has 2 aromatic rings. The molecule has 0 aliphatic heterocycles. The van der Waals surface area contributed by atoms with Gasteiger partial charge in [-0.3, -0.25) is 10.1 Å². The molecule has 134 valence electrons. The highest BCUT2D eigenvalue weighted by atomic mass is 32.2. The molecule has 0 fully saturated rings. The van der Waals surface area contributed by atoms with E-state index in [1.54, 1.807) is 11.6 Å². The molecule has 0 aliphatic carbocycles. The summed E-state index contributed by atoms with van der Waals surface area (Å²) in [7, 11) is 0. The maximum Gasteiger partial charge on any atom is 0.321 e. The molecular weight excluding hydrogens is 340 g/mol. The molecule has 25 heavy (non-hydrogen) atoms. The summed E-state index contributed by atoms with van der Waals surface area (Å²) < 4.78 is 1.56. The minimum atomic E-state index is -0.541. The number of amides is 3. The summed E-state index contributed by atoms with van der Waals surface area (Å²) in [4.78, 5) is 24.0. The number of thioether (sulfide) groups is 1. The third-order valence-corrected chi connectivity index (χ3v) is 4.13. The molecule has 9 heteroatoms. The van der Waals surface area contributed by atoms with Gasteiger partial charge in [0.1, 0.15) is 0 Å². The van der Waals surface area contributed by atoms with Crippen molar-refractivity contribution in [2.45, 2.75) is 50.6 Å². The second kappa shape index (κ2) is 7.64. The first-order valence-corrected chi connectivity index (χ1v) is 8.69. The smallest absolute Gasteiger partial charge is 0.321 e. The number of nitrogens with zero attached hydrogens (tertiary/aromatic N) is 4. The number of imide groups is 1. The molecule has 8 nitrogen and oxygen atoms in total. The van der Waals surface area contributed by atoms with Crippen LogP contribution in [0.2, 0.25) is 0 Å². The van der Waals surface area contributed by atoms with Gasteiger partial charge in [0.05, 0.1) is 10.9 Å². The quantitative estimate of drug-likeness (QED) is 0.808. The Bertz CT molecular complexity index is 751. The fourth-order valence-corrected chi connectivity index (χ4v) is 2.71. The number of benzene rings is 1. The zero-order chi connectivity index (χ0) is 18.6. The van der Waals surface area contributed by atoms with E-state index in [0.29, 0.717) is 5.16 Å². The van der Waals surface area contributed by atoms with E-state index in [-0.39, 0.29) is 0 Å². The molecule has 0 unspecified atom stereocenters. The van der Waals surface area contributed by atoms with E-state index >= 15 is 0 Å². The monoisotopic (exact) mass is 362 g/mol. The number of nitrogens with one attached hydrogen (secondary N) is 2. The standard InChI is InChI=1S/C16H22N6O2S/c1-10-6-8-12(9-7-10)22-15(19-20-21-22)25-11(2)13(23)17-14(24)18-16(3,4)5/h6-9,11H,1-5H3,(H2,17,18,23,24)/t11-/m1/s1. The lowest BCUT2D eigenvalue weighted by Gasteiger charge is -2.21. The zero-order valence-electron chi connectivity index (χ0n) is 14.9. The second-order valence-electron chi connectivity index (χ2n) is 6.66. The van der Waals surface area contributed by atoms with Crippen LogP contribution in [-0.2, 0) is 4.79 Å². The summed E-state index contributed by atoms with van der Waals surface area (Å²) in [6, 6.07) is 7.19. The van der Waals surface area contributed by atoms with Crippen molar-refractivity contribution in [2.24, 2.45) is 0 Å². The van der Waals surface area contributed by atoms with Crippen LogP contribution in [0.5, 0.6) is 0 Å². The number of rotatable bonds is 4. The minimum Gasteiger partial charge on any atom is -0.333 e. The Labute approximate surface area is 150 Å². The molecule has 3 amide bonds. The molecule has 0 saturated carbocycles. The highest BCUT2D eigenvalue weighted by molar-refractivity contribution is 8.00. The highest BCUT2D eigenvalue weighted by Crippen LogP contribution is 2.23. The van der Waals surface area contributed by atoms with E-state index in [2.05, 4.69) is 26.2 Å². The number of hydrogen-bond donors (Lipinski definition) is 2. The van der Waals surface area contributed by atoms with E-state index in [4.69, 9.17) is 0 Å². The lowest BCUT2D eigenvalue weighted by atomic mass is 10.1. The van der Waals surface area contributed by atoms with E-state index in [1.807, 2.05) is 52.0 Å². The summed E-state index contributed by atoms with van der Waals surface area (Å²) in [5, 5.41) is 16.5. The van der Waals surface area contributed by atoms with Crippen molar-refractivity contribution in [2.75, 3.05) is 0 Å². The topological polar surface area (TPSA) is 102 Å². The van der Waals surface area contributed by atoms with Crippen molar-refractivity contribution < 1.29 is 9.59 Å². The molecule has 1 aromatic heterocycles. The van der Waals surface area contributed by atoms with Gasteiger partial charge in [0.2, 0.25) is 11.1 Å². The summed E-state index contributed by atoms with van der Waals surface area (Å²) in [5.74, 6) is -0.412. The summed E-state index contributed by atoms with van der Waals surface area (Å²) in [5.41, 5.74) is 1.51. The molecule has 0 radical (unpaired) electrons. The van der Waals surface area contributed by atoms with Gasteiger partial charge >= 0.3 is 6.03 Å². The lowest BCUT2D eigenvalue weighted by Crippen LogP contribution is -2.49. The van der Waals surface area contributed by atoms with Crippen molar-refractivity contribution in [3.8, 4) is 5.69 Å². The van der Waals surface area contributed by atoms with Gasteiger partial charge in [-0.1, -0.05) is 29.5 Å². The number of carbonyl (C=O) groups excluding carboxylic acids is 2. The highest BCUT2D eigenvalue weighted by Gasteiger charge is 2.22. The Hall–Kier alpha value is -2.42. The summed E-state index contributed by atoms with van der Waals surface area (Å²) in [6.45, 7) is 9.20. The molecule has 2 N–H and O–H groups in total. The average molecular weight is 362 g/mol. The zero-order valence-corrected chi connectivity index (χ0v) is 15.7. The van der Waals surface area contributed by atoms with Crippen LogP contribution >= 0.6 is 11.8 Å². The van der Waals surface area contributed by atoms with Crippen molar-refractivity contribution in [3.63, 3.8) is 0 Å². The van der Waals surface area contributed by atoms with E-state index in [1.165, 1.54) is 11.8 Å². The van der Waals surface area contributed by atoms with Crippen molar-refractivity contribution >= 4 is 23.7 Å². The van der Waals surface area contributed by atoms with Crippen LogP contribution in [0.3, 0.4) is 0 Å². The first-order chi connectivity index (χ1) is 11.7. The fourth-order valence-electron chi connectivity index (χ4n) is 1.90. The summed E-state index contributed by atoms with van der Waals surface area (Å²) in [6.07, 6.45) is 0. The minimum absolute atomic E-state index is 0.412. The predicted molar refractivity (Wildman–Crippen MR) is 95.6 cm³/mol. The lowest BCUT2D eigenvalue weighted by molar-refractivity contribution is -0.119. The fraction of sp³-hybridized carbons (Fsp3) is 0.438. The van der Waals surface area contributed by atoms with E-state index in [0.717, 1.165) is 11.3 Å². The van der Waals surface area contributed by atoms with Gasteiger partial charge in [0.15, 0.2) is 0 Å². The van der Waals surface area contributed by atoms with Gasteiger partial charge in [-0.15, -0.1) is 5.10 Å². The van der Waals surface area contributed by atoms with Crippen LogP contribution in [-0.4, -0.2) is 42.9 Å². The maximum atomic E-state index is 12.2. The Kier molecular flexibility index (Phi) is 5.78. The molecule has 0 saturated heterocycles. The predicted octanol–water partition coefficient (Wildman–Crippen LogP) is 2.08. The van der Waals surface area contributed by atoms with Gasteiger partial charge in [-0.25, -0.2) is 4.79 Å². The molecule has 1 heterocycles. The normalized spacial score (nSPS) is 12.5. The maximum absolute atomic E-state index is 12.2. The molecule has 1 atom stereocenters. The van der Waals surface area contributed by atoms with Crippen LogP contribution in [0.15, 0.2) is 29.4 Å². The molecule has 2 rings (SSSR count). The molecule has 0 spiro atoms. The molecule has 1 aromatic carbocycles. The van der Waals surface area contributed by atoms with E-state index in [9.17, 15) is 9.59 Å². The summed E-state index contributed by atoms with van der Waals surface area (Å²) >= 11 is 1.18. The van der Waals surface area contributed by atoms with Crippen molar-refractivity contribution in [1.29, 1.82) is 0 Å². The van der Waals surface area contributed by atoms with E-state index < -0.39 is 22.7 Å². The van der Waals surface area contributed by atoms with Gasteiger partial charge in [-0.05, 0) is 57.2 Å². The Morgan fingerprint density at radius 1 is 1.20 bits per heavy atom. The number of carbonyl (C=O) groups is 2. The molecule has 0 bridgehead atoms. The van der Waals surface area contributed by atoms with Gasteiger partial charge in [0, 0.05) is 5.54 Å². The Morgan fingerprint density at radius 3 is 2.44 bits per heavy atom. The Balaban J connectivity index is 2.02. The third-order valence-electron chi connectivity index (χ3n) is 3.10. The van der Waals surface area contributed by atoms with Crippen LogP contribution in [0, 0.1) is 6.92 Å². The first-order valence-electron chi connectivity index (χ1n) is 7.81. The number of aryl methyl sites for hydroxylation is 1. The third kappa shape index (κ3) is 5.56. The number of hydrogen-bond acceptors (Lipinski definition) is 6. The first kappa shape index (κ1) is 18.9. The second-order valence-corrected chi connectivity index (χ2v) is 7.97. The number of aromatic nitrogens is 4. The van der Waals surface area contributed by atoms with Crippen molar-refractivity contribution in [1.82, 2.24) is 30.8 Å². The van der Waals surface area contributed by atoms with Crippen LogP contribution in [0.1, 0.15) is 33.3 Å². The molecular formula is C16H22N6O2S. The van der Waals surface area contributed by atoms with Gasteiger partial charge in [-0.2, -0.15) is 4.68 Å². The van der Waals surface area contributed by atoms with Gasteiger partial charge in [0.25, 0.3) is 0 Å². The molecule has 0 aliphatic rings. The van der Waals surface area contributed by atoms with Gasteiger partial charge < -0.3 is 5.32 Å². The number of tetrazole rings is 1. The average Bonchev–Trinajstić information content (AvgIpc) is 2.94. The Morgan fingerprint density at radius 2 is 1.84 bits per heavy atom. The van der Waals surface area contributed by atoms with Crippen LogP contribution in [0.25, 0.3) is 5.69 Å². The van der Waals surface area contributed by atoms with Crippen LogP contribution < -0.4 is 10.6 Å². The SMILES string of the molecule is Cc1ccc(-n2nnnc2S[C@H](C)C(=O)NC(=O)NC(C)(C)C)cc1. The largest absolute Gasteiger partial charge is 0.333 e. The van der Waals surface area contributed by atoms with Crippen molar-refractivity contribution in [3.05, 3.63) is 29.8 Å². The van der Waals surface area contributed by atoms with Crippen LogP contribution in [0.4, 0.5) is 4.79 Å².